The van der Waals surface area contributed by atoms with Crippen molar-refractivity contribution >= 4 is 17.1 Å². The van der Waals surface area contributed by atoms with Gasteiger partial charge in [0.1, 0.15) is 5.69 Å². The average molecular weight is 181 g/mol. The molecule has 1 saturated carbocycles. The van der Waals surface area contributed by atoms with Crippen LogP contribution in [0.3, 0.4) is 0 Å². The fourth-order valence-corrected chi connectivity index (χ4v) is 1.78. The Bertz CT molecular complexity index is 325. The summed E-state index contributed by atoms with van der Waals surface area (Å²) in [5.41, 5.74) is 0.595. The molecule has 1 heterocycles. The highest BCUT2D eigenvalue weighted by atomic mass is 32.1. The van der Waals surface area contributed by atoms with Gasteiger partial charge in [-0.3, -0.25) is 4.79 Å². The van der Waals surface area contributed by atoms with Gasteiger partial charge in [-0.1, -0.05) is 6.92 Å². The summed E-state index contributed by atoms with van der Waals surface area (Å²) in [6.45, 7) is 3.95. The van der Waals surface area contributed by atoms with Crippen LogP contribution in [0.5, 0.6) is 0 Å². The van der Waals surface area contributed by atoms with Crippen LogP contribution in [0.4, 0.5) is 0 Å². The fraction of sp³-hybridized carbons (Fsp3) is 0.556. The molecule has 3 heteroatoms. The summed E-state index contributed by atoms with van der Waals surface area (Å²) < 4.78 is 0. The Morgan fingerprint density at radius 3 is 2.75 bits per heavy atom. The highest BCUT2D eigenvalue weighted by molar-refractivity contribution is 7.09. The van der Waals surface area contributed by atoms with E-state index in [0.717, 1.165) is 17.8 Å². The molecule has 1 fully saturated rings. The van der Waals surface area contributed by atoms with Crippen LogP contribution in [-0.4, -0.2) is 10.8 Å². The summed E-state index contributed by atoms with van der Waals surface area (Å²) >= 11 is 1.54. The van der Waals surface area contributed by atoms with E-state index in [9.17, 15) is 4.79 Å². The van der Waals surface area contributed by atoms with Crippen molar-refractivity contribution in [1.29, 1.82) is 0 Å². The first-order valence-corrected chi connectivity index (χ1v) is 4.97. The number of rotatable bonds is 2. The first-order valence-electron chi connectivity index (χ1n) is 4.09. The van der Waals surface area contributed by atoms with E-state index in [1.165, 1.54) is 0 Å². The van der Waals surface area contributed by atoms with Gasteiger partial charge in [-0.15, -0.1) is 11.3 Å². The highest BCUT2D eigenvalue weighted by Crippen LogP contribution is 2.47. The van der Waals surface area contributed by atoms with Crippen LogP contribution in [0, 0.1) is 12.3 Å². The number of hydrogen-bond donors (Lipinski definition) is 0. The molecule has 12 heavy (non-hydrogen) atoms. The molecule has 0 bridgehead atoms. The molecule has 0 aromatic carbocycles. The van der Waals surface area contributed by atoms with E-state index in [4.69, 9.17) is 0 Å². The topological polar surface area (TPSA) is 30.0 Å². The van der Waals surface area contributed by atoms with Crippen molar-refractivity contribution in [1.82, 2.24) is 4.98 Å². The lowest BCUT2D eigenvalue weighted by Gasteiger charge is -2.02. The lowest BCUT2D eigenvalue weighted by molar-refractivity contribution is 0.0908. The third-order valence-corrected chi connectivity index (χ3v) is 3.17. The number of hydrogen-bond acceptors (Lipinski definition) is 3. The second-order valence-electron chi connectivity index (χ2n) is 3.64. The number of ketones is 1. The van der Waals surface area contributed by atoms with E-state index in [2.05, 4.69) is 4.98 Å². The molecule has 1 aliphatic carbocycles. The maximum atomic E-state index is 11.7. The molecule has 0 atom stereocenters. The number of nitrogens with zero attached hydrogens (tertiary/aromatic N) is 1. The Morgan fingerprint density at radius 1 is 1.67 bits per heavy atom. The fourth-order valence-electron chi connectivity index (χ4n) is 1.19. The van der Waals surface area contributed by atoms with Gasteiger partial charge in [0, 0.05) is 10.8 Å². The van der Waals surface area contributed by atoms with Crippen molar-refractivity contribution in [3.8, 4) is 0 Å². The largest absolute Gasteiger partial charge is 0.292 e. The van der Waals surface area contributed by atoms with Gasteiger partial charge < -0.3 is 0 Å². The van der Waals surface area contributed by atoms with Crippen LogP contribution >= 0.6 is 11.3 Å². The van der Waals surface area contributed by atoms with Gasteiger partial charge in [0.25, 0.3) is 0 Å². The van der Waals surface area contributed by atoms with E-state index in [-0.39, 0.29) is 11.2 Å². The summed E-state index contributed by atoms with van der Waals surface area (Å²) in [6.07, 6.45) is 2.06. The summed E-state index contributed by atoms with van der Waals surface area (Å²) in [5.74, 6) is 0.229. The second-order valence-corrected chi connectivity index (χ2v) is 4.70. The molecular weight excluding hydrogens is 170 g/mol. The normalized spacial score (nSPS) is 19.2. The molecule has 64 valence electrons. The van der Waals surface area contributed by atoms with Gasteiger partial charge in [-0.05, 0) is 19.8 Å². The van der Waals surface area contributed by atoms with E-state index >= 15 is 0 Å². The molecule has 1 aliphatic rings. The molecule has 0 unspecified atom stereocenters. The average Bonchev–Trinajstić information content (AvgIpc) is 2.62. The molecule has 0 spiro atoms. The molecule has 1 aromatic heterocycles. The lowest BCUT2D eigenvalue weighted by atomic mass is 10.0. The van der Waals surface area contributed by atoms with Gasteiger partial charge in [0.2, 0.25) is 0 Å². The van der Waals surface area contributed by atoms with E-state index < -0.39 is 0 Å². The third-order valence-electron chi connectivity index (χ3n) is 2.40. The minimum absolute atomic E-state index is 0.0689. The van der Waals surface area contributed by atoms with Crippen molar-refractivity contribution in [2.45, 2.75) is 26.7 Å². The number of aromatic nitrogens is 1. The number of thiazole rings is 1. The van der Waals surface area contributed by atoms with Crippen LogP contribution in [0.2, 0.25) is 0 Å². The Kier molecular flexibility index (Phi) is 1.58. The van der Waals surface area contributed by atoms with Crippen LogP contribution in [0.25, 0.3) is 0 Å². The second kappa shape index (κ2) is 2.39. The molecule has 0 amide bonds. The van der Waals surface area contributed by atoms with E-state index in [1.54, 1.807) is 11.3 Å². The number of carbonyl (C=O) groups excluding carboxylic acids is 1. The Balaban J connectivity index is 2.25. The van der Waals surface area contributed by atoms with E-state index in [1.807, 2.05) is 19.2 Å². The standard InChI is InChI=1S/C9H11NOS/c1-6-10-7(5-12-6)8(11)9(2)3-4-9/h5H,3-4H2,1-2H3. The Morgan fingerprint density at radius 2 is 2.33 bits per heavy atom. The van der Waals surface area contributed by atoms with Gasteiger partial charge in [-0.25, -0.2) is 4.98 Å². The minimum atomic E-state index is -0.0689. The van der Waals surface area contributed by atoms with Crippen molar-refractivity contribution in [2.75, 3.05) is 0 Å². The first-order chi connectivity index (χ1) is 5.62. The van der Waals surface area contributed by atoms with Crippen LogP contribution < -0.4 is 0 Å². The van der Waals surface area contributed by atoms with Crippen molar-refractivity contribution in [2.24, 2.45) is 5.41 Å². The highest BCUT2D eigenvalue weighted by Gasteiger charge is 2.45. The molecule has 0 aliphatic heterocycles. The molecule has 0 saturated heterocycles. The molecular formula is C9H11NOS. The van der Waals surface area contributed by atoms with Gasteiger partial charge in [-0.2, -0.15) is 0 Å². The van der Waals surface area contributed by atoms with Crippen LogP contribution in [0.15, 0.2) is 5.38 Å². The number of aryl methyl sites for hydroxylation is 1. The predicted molar refractivity (Wildman–Crippen MR) is 48.5 cm³/mol. The monoisotopic (exact) mass is 181 g/mol. The summed E-state index contributed by atoms with van der Waals surface area (Å²) in [7, 11) is 0. The quantitative estimate of drug-likeness (QED) is 0.656. The number of carbonyl (C=O) groups is 1. The SMILES string of the molecule is Cc1nc(C(=O)C2(C)CC2)cs1. The lowest BCUT2D eigenvalue weighted by Crippen LogP contribution is -2.12. The zero-order valence-corrected chi connectivity index (χ0v) is 8.07. The molecule has 2 nitrogen and oxygen atoms in total. The molecule has 1 aromatic rings. The van der Waals surface area contributed by atoms with Gasteiger partial charge in [0.15, 0.2) is 5.78 Å². The van der Waals surface area contributed by atoms with Crippen LogP contribution in [-0.2, 0) is 0 Å². The van der Waals surface area contributed by atoms with Crippen LogP contribution in [0.1, 0.15) is 35.3 Å². The summed E-state index contributed by atoms with van der Waals surface area (Å²) in [4.78, 5) is 15.9. The molecule has 0 N–H and O–H groups in total. The molecule has 0 radical (unpaired) electrons. The number of Topliss-reactive ketones (excluding diaryl/α,β-unsaturated/α-hetero) is 1. The van der Waals surface area contributed by atoms with Crippen molar-refractivity contribution in [3.63, 3.8) is 0 Å². The van der Waals surface area contributed by atoms with Gasteiger partial charge in [0.05, 0.1) is 5.01 Å². The Hall–Kier alpha value is -0.700. The zero-order chi connectivity index (χ0) is 8.77. The third kappa shape index (κ3) is 1.18. The predicted octanol–water partition coefficient (Wildman–Crippen LogP) is 2.43. The summed E-state index contributed by atoms with van der Waals surface area (Å²) in [5, 5.41) is 2.84. The maximum Gasteiger partial charge on any atom is 0.187 e. The zero-order valence-electron chi connectivity index (χ0n) is 7.26. The molecule has 2 rings (SSSR count). The smallest absolute Gasteiger partial charge is 0.187 e. The van der Waals surface area contributed by atoms with Crippen molar-refractivity contribution in [3.05, 3.63) is 16.1 Å². The summed E-state index contributed by atoms with van der Waals surface area (Å²) in [6, 6.07) is 0. The van der Waals surface area contributed by atoms with Gasteiger partial charge >= 0.3 is 0 Å². The maximum absolute atomic E-state index is 11.7. The van der Waals surface area contributed by atoms with Crippen molar-refractivity contribution < 1.29 is 4.79 Å². The Labute approximate surface area is 75.6 Å². The van der Waals surface area contributed by atoms with E-state index in [0.29, 0.717) is 5.69 Å². The first kappa shape index (κ1) is 7.92. The minimum Gasteiger partial charge on any atom is -0.292 e.